The molecule has 4 aliphatic carbocycles. The van der Waals surface area contributed by atoms with Crippen LogP contribution < -0.4 is 0 Å². The second-order valence-electron chi connectivity index (χ2n) is 13.2. The van der Waals surface area contributed by atoms with Gasteiger partial charge in [0.25, 0.3) is 0 Å². The van der Waals surface area contributed by atoms with Crippen molar-refractivity contribution in [1.82, 2.24) is 0 Å². The van der Waals surface area contributed by atoms with Crippen LogP contribution in [0.5, 0.6) is 0 Å². The first-order valence-corrected chi connectivity index (χ1v) is 14.5. The minimum Gasteiger partial charge on any atom is -0.481 e. The number of aliphatic carboxylic acids is 1. The maximum absolute atomic E-state index is 12.4. The largest absolute Gasteiger partial charge is 0.481 e. The van der Waals surface area contributed by atoms with Gasteiger partial charge in [-0.3, -0.25) is 19.2 Å². The van der Waals surface area contributed by atoms with Crippen LogP contribution in [0.2, 0.25) is 0 Å². The molecule has 0 aromatic heterocycles. The molecule has 0 bridgehead atoms. The molecule has 0 heterocycles. The summed E-state index contributed by atoms with van der Waals surface area (Å²) < 4.78 is 17.8. The molecule has 0 saturated heterocycles. The molecule has 0 spiro atoms. The van der Waals surface area contributed by atoms with Crippen LogP contribution in [0.3, 0.4) is 0 Å². The maximum Gasteiger partial charge on any atom is 0.303 e. The van der Waals surface area contributed by atoms with E-state index < -0.39 is 5.97 Å². The molecular weight excluding hydrogens is 488 g/mol. The van der Waals surface area contributed by atoms with Gasteiger partial charge in [0, 0.05) is 38.5 Å². The van der Waals surface area contributed by atoms with Crippen molar-refractivity contribution in [3.63, 3.8) is 0 Å². The molecule has 8 heteroatoms. The van der Waals surface area contributed by atoms with Crippen LogP contribution in [0.4, 0.5) is 0 Å². The molecule has 0 unspecified atom stereocenters. The van der Waals surface area contributed by atoms with E-state index in [0.717, 1.165) is 38.5 Å². The van der Waals surface area contributed by atoms with Crippen LogP contribution in [-0.2, 0) is 33.4 Å². The van der Waals surface area contributed by atoms with Crippen LogP contribution in [0.1, 0.15) is 99.3 Å². The zero-order valence-corrected chi connectivity index (χ0v) is 23.9. The van der Waals surface area contributed by atoms with E-state index in [2.05, 4.69) is 20.8 Å². The predicted molar refractivity (Wildman–Crippen MR) is 139 cm³/mol. The number of carbonyl (C=O) groups excluding carboxylic acids is 3. The van der Waals surface area contributed by atoms with Gasteiger partial charge in [-0.1, -0.05) is 20.8 Å². The molecule has 1 N–H and O–H groups in total. The zero-order chi connectivity index (χ0) is 28.0. The molecule has 38 heavy (non-hydrogen) atoms. The number of carbonyl (C=O) groups is 4. The Morgan fingerprint density at radius 1 is 0.868 bits per heavy atom. The monoisotopic (exact) mass is 534 g/mol. The summed E-state index contributed by atoms with van der Waals surface area (Å²) in [7, 11) is 0. The Balaban J connectivity index is 1.71. The molecule has 4 aliphatic rings. The molecule has 4 rings (SSSR count). The topological polar surface area (TPSA) is 116 Å². The van der Waals surface area contributed by atoms with Gasteiger partial charge in [0.2, 0.25) is 0 Å². The van der Waals surface area contributed by atoms with Gasteiger partial charge in [-0.15, -0.1) is 0 Å². The van der Waals surface area contributed by atoms with E-state index in [1.165, 1.54) is 20.8 Å². The Labute approximate surface area is 226 Å². The van der Waals surface area contributed by atoms with Gasteiger partial charge in [0.15, 0.2) is 0 Å². The summed E-state index contributed by atoms with van der Waals surface area (Å²) in [5, 5.41) is 9.31. The number of hydrogen-bond acceptors (Lipinski definition) is 7. The summed E-state index contributed by atoms with van der Waals surface area (Å²) in [6.07, 6.45) is 5.93. The average molecular weight is 535 g/mol. The van der Waals surface area contributed by atoms with Gasteiger partial charge in [-0.2, -0.15) is 0 Å². The Bertz CT molecular complexity index is 947. The highest BCUT2D eigenvalue weighted by Crippen LogP contribution is 2.69. The maximum atomic E-state index is 12.4. The minimum absolute atomic E-state index is 0.0370. The van der Waals surface area contributed by atoms with Crippen molar-refractivity contribution in [3.8, 4) is 0 Å². The smallest absolute Gasteiger partial charge is 0.303 e. The van der Waals surface area contributed by atoms with E-state index in [4.69, 9.17) is 14.2 Å². The van der Waals surface area contributed by atoms with Crippen molar-refractivity contribution in [2.45, 2.75) is 118 Å². The van der Waals surface area contributed by atoms with Crippen molar-refractivity contribution in [2.24, 2.45) is 46.3 Å². The molecule has 0 aliphatic heterocycles. The predicted octanol–water partition coefficient (Wildman–Crippen LogP) is 5.16. The number of hydrogen-bond donors (Lipinski definition) is 1. The SMILES string of the molecule is CC(=O)O[C@@H]1CC[C@@]2(C)[C@H](C1)C[C@@H](OC(C)=O)[C@@H]1[C@@H]2C[C@H](OC(C)=O)[C@]2(C)[C@@H]([C@@H](C)CCC(=O)O)CC[C@@H]12. The van der Waals surface area contributed by atoms with Crippen LogP contribution in [0.15, 0.2) is 0 Å². The zero-order valence-electron chi connectivity index (χ0n) is 23.9. The first kappa shape index (κ1) is 28.9. The fourth-order valence-corrected chi connectivity index (χ4v) is 9.67. The standard InChI is InChI=1S/C30H46O8/c1-16(7-10-27(34)35)22-8-9-23-28-24(15-26(30(22,23)6)38-19(4)33)29(5)12-11-21(36-17(2)31)13-20(29)14-25(28)37-18(3)32/h16,20-26,28H,7-15H2,1-6H3,(H,34,35)/t16-,20+,21+,22+,23-,24-,25+,26-,28-,29-,30+/m0/s1. The first-order valence-electron chi connectivity index (χ1n) is 14.5. The summed E-state index contributed by atoms with van der Waals surface area (Å²) in [6, 6.07) is 0. The fraction of sp³-hybridized carbons (Fsp3) is 0.867. The van der Waals surface area contributed by atoms with E-state index in [0.29, 0.717) is 12.8 Å². The van der Waals surface area contributed by atoms with Gasteiger partial charge in [-0.25, -0.2) is 0 Å². The second-order valence-corrected chi connectivity index (χ2v) is 13.2. The van der Waals surface area contributed by atoms with E-state index in [1.807, 2.05) is 0 Å². The van der Waals surface area contributed by atoms with Crippen molar-refractivity contribution in [3.05, 3.63) is 0 Å². The van der Waals surface area contributed by atoms with Crippen molar-refractivity contribution in [1.29, 1.82) is 0 Å². The normalized spacial score (nSPS) is 42.6. The lowest BCUT2D eigenvalue weighted by Gasteiger charge is -2.64. The summed E-state index contributed by atoms with van der Waals surface area (Å²) in [5.41, 5.74) is -0.355. The van der Waals surface area contributed by atoms with Crippen LogP contribution in [0, 0.1) is 46.3 Å². The Kier molecular flexibility index (Phi) is 8.21. The van der Waals surface area contributed by atoms with E-state index >= 15 is 0 Å². The highest BCUT2D eigenvalue weighted by molar-refractivity contribution is 5.67. The lowest BCUT2D eigenvalue weighted by molar-refractivity contribution is -0.224. The van der Waals surface area contributed by atoms with Gasteiger partial charge in [-0.05, 0) is 86.4 Å². The summed E-state index contributed by atoms with van der Waals surface area (Å²) in [4.78, 5) is 47.7. The van der Waals surface area contributed by atoms with Crippen LogP contribution in [-0.4, -0.2) is 47.3 Å². The molecular formula is C30H46O8. The van der Waals surface area contributed by atoms with E-state index in [9.17, 15) is 24.3 Å². The lowest BCUT2D eigenvalue weighted by atomic mass is 9.43. The molecule has 0 amide bonds. The van der Waals surface area contributed by atoms with Gasteiger partial charge in [0.05, 0.1) is 0 Å². The van der Waals surface area contributed by atoms with Gasteiger partial charge < -0.3 is 19.3 Å². The van der Waals surface area contributed by atoms with Crippen LogP contribution >= 0.6 is 0 Å². The van der Waals surface area contributed by atoms with Crippen molar-refractivity contribution < 1.29 is 38.5 Å². The third-order valence-corrected chi connectivity index (χ3v) is 11.2. The van der Waals surface area contributed by atoms with E-state index in [1.54, 1.807) is 0 Å². The number of carboxylic acids is 1. The first-order chi connectivity index (χ1) is 17.8. The number of esters is 3. The van der Waals surface area contributed by atoms with E-state index in [-0.39, 0.29) is 89.0 Å². The molecule has 8 nitrogen and oxygen atoms in total. The van der Waals surface area contributed by atoms with Crippen molar-refractivity contribution >= 4 is 23.9 Å². The number of carboxylic acid groups (broad SMARTS) is 1. The number of fused-ring (bicyclic) bond motifs is 5. The van der Waals surface area contributed by atoms with Gasteiger partial charge >= 0.3 is 23.9 Å². The molecule has 0 radical (unpaired) electrons. The number of ether oxygens (including phenoxy) is 3. The molecule has 214 valence electrons. The third kappa shape index (κ3) is 5.21. The quantitative estimate of drug-likeness (QED) is 0.352. The lowest BCUT2D eigenvalue weighted by Crippen LogP contribution is -2.63. The Hall–Kier alpha value is -2.12. The van der Waals surface area contributed by atoms with Crippen molar-refractivity contribution in [2.75, 3.05) is 0 Å². The summed E-state index contributed by atoms with van der Waals surface area (Å²) in [6.45, 7) is 11.1. The summed E-state index contributed by atoms with van der Waals surface area (Å²) in [5.74, 6) is -0.421. The Morgan fingerprint density at radius 2 is 1.53 bits per heavy atom. The third-order valence-electron chi connectivity index (χ3n) is 11.2. The second kappa shape index (κ2) is 10.8. The highest BCUT2D eigenvalue weighted by atomic mass is 16.6. The number of rotatable bonds is 7. The Morgan fingerprint density at radius 3 is 2.13 bits per heavy atom. The molecule has 4 fully saturated rings. The highest BCUT2D eigenvalue weighted by Gasteiger charge is 2.67. The molecule has 4 saturated carbocycles. The minimum atomic E-state index is -0.790. The fourth-order valence-electron chi connectivity index (χ4n) is 9.67. The van der Waals surface area contributed by atoms with Gasteiger partial charge in [0.1, 0.15) is 18.3 Å². The van der Waals surface area contributed by atoms with Crippen LogP contribution in [0.25, 0.3) is 0 Å². The average Bonchev–Trinajstić information content (AvgIpc) is 3.16. The molecule has 0 aromatic carbocycles. The molecule has 11 atom stereocenters. The molecule has 0 aromatic rings. The summed E-state index contributed by atoms with van der Waals surface area (Å²) >= 11 is 0.